The molecule has 1 aliphatic rings. The van der Waals surface area contributed by atoms with E-state index in [1.54, 1.807) is 6.92 Å². The number of esters is 1. The number of hydrogen-bond donors (Lipinski definition) is 0. The molecule has 0 amide bonds. The molecule has 0 spiro atoms. The quantitative estimate of drug-likeness (QED) is 0.666. The zero-order valence-electron chi connectivity index (χ0n) is 7.45. The monoisotopic (exact) mass is 181 g/mol. The van der Waals surface area contributed by atoms with Crippen molar-refractivity contribution in [2.75, 3.05) is 6.61 Å². The first kappa shape index (κ1) is 8.29. The van der Waals surface area contributed by atoms with Gasteiger partial charge < -0.3 is 9.15 Å². The first-order chi connectivity index (χ1) is 6.31. The van der Waals surface area contributed by atoms with Gasteiger partial charge in [0.25, 0.3) is 0 Å². The van der Waals surface area contributed by atoms with Crippen LogP contribution >= 0.6 is 0 Å². The van der Waals surface area contributed by atoms with Crippen LogP contribution in [-0.2, 0) is 4.74 Å². The zero-order valence-corrected chi connectivity index (χ0v) is 7.45. The Balaban J connectivity index is 2.07. The maximum absolute atomic E-state index is 11.2. The third-order valence-corrected chi connectivity index (χ3v) is 1.93. The molecule has 4 nitrogen and oxygen atoms in total. The molecule has 0 aromatic carbocycles. The summed E-state index contributed by atoms with van der Waals surface area (Å²) in [4.78, 5) is 15.2. The van der Waals surface area contributed by atoms with Crippen molar-refractivity contribution < 1.29 is 13.9 Å². The summed E-state index contributed by atoms with van der Waals surface area (Å²) < 4.78 is 9.92. The summed E-state index contributed by atoms with van der Waals surface area (Å²) in [6.07, 6.45) is 3.59. The summed E-state index contributed by atoms with van der Waals surface area (Å²) in [7, 11) is 0. The Morgan fingerprint density at radius 1 is 1.77 bits per heavy atom. The molecule has 0 bridgehead atoms. The van der Waals surface area contributed by atoms with Crippen LogP contribution in [0.2, 0.25) is 0 Å². The minimum absolute atomic E-state index is 0.281. The number of ether oxygens (including phenoxy) is 1. The second kappa shape index (κ2) is 3.20. The van der Waals surface area contributed by atoms with Gasteiger partial charge in [0, 0.05) is 5.92 Å². The van der Waals surface area contributed by atoms with Crippen molar-refractivity contribution in [2.45, 2.75) is 25.7 Å². The predicted octanol–water partition coefficient (Wildman–Crippen LogP) is 1.73. The molecule has 1 aliphatic carbocycles. The van der Waals surface area contributed by atoms with Crippen molar-refractivity contribution in [3.63, 3.8) is 0 Å². The second-order valence-electron chi connectivity index (χ2n) is 3.07. The average molecular weight is 181 g/mol. The number of rotatable bonds is 3. The van der Waals surface area contributed by atoms with E-state index in [-0.39, 0.29) is 5.69 Å². The largest absolute Gasteiger partial charge is 0.461 e. The molecule has 0 aliphatic heterocycles. The summed E-state index contributed by atoms with van der Waals surface area (Å²) in [5.74, 6) is 0.698. The highest BCUT2D eigenvalue weighted by Crippen LogP contribution is 2.39. The molecule has 1 heterocycles. The van der Waals surface area contributed by atoms with Crippen LogP contribution in [0.15, 0.2) is 10.7 Å². The molecule has 1 fully saturated rings. The van der Waals surface area contributed by atoms with E-state index in [1.807, 2.05) is 0 Å². The number of nitrogens with zero attached hydrogens (tertiary/aromatic N) is 1. The van der Waals surface area contributed by atoms with Gasteiger partial charge in [-0.25, -0.2) is 9.78 Å². The molecular weight excluding hydrogens is 170 g/mol. The van der Waals surface area contributed by atoms with Crippen LogP contribution in [0.1, 0.15) is 42.1 Å². The standard InChI is InChI=1S/C9H11NO3/c1-2-12-9(11)7-5-13-8(10-7)6-3-4-6/h5-6H,2-4H2,1H3. The molecule has 13 heavy (non-hydrogen) atoms. The van der Waals surface area contributed by atoms with E-state index in [1.165, 1.54) is 6.26 Å². The lowest BCUT2D eigenvalue weighted by Crippen LogP contribution is -2.04. The molecule has 0 unspecified atom stereocenters. The van der Waals surface area contributed by atoms with Crippen LogP contribution in [0.25, 0.3) is 0 Å². The molecule has 4 heteroatoms. The number of carbonyl (C=O) groups excluding carboxylic acids is 1. The first-order valence-electron chi connectivity index (χ1n) is 4.43. The second-order valence-corrected chi connectivity index (χ2v) is 3.07. The number of oxazole rings is 1. The van der Waals surface area contributed by atoms with E-state index in [4.69, 9.17) is 9.15 Å². The maximum Gasteiger partial charge on any atom is 0.360 e. The summed E-state index contributed by atoms with van der Waals surface area (Å²) in [6, 6.07) is 0. The van der Waals surface area contributed by atoms with Crippen molar-refractivity contribution in [1.29, 1.82) is 0 Å². The SMILES string of the molecule is CCOC(=O)c1coc(C2CC2)n1. The van der Waals surface area contributed by atoms with Crippen LogP contribution in [-0.4, -0.2) is 17.6 Å². The number of hydrogen-bond acceptors (Lipinski definition) is 4. The molecule has 0 atom stereocenters. The summed E-state index contributed by atoms with van der Waals surface area (Å²) in [5.41, 5.74) is 0.281. The molecule has 1 aromatic rings. The van der Waals surface area contributed by atoms with Gasteiger partial charge in [-0.2, -0.15) is 0 Å². The van der Waals surface area contributed by atoms with E-state index in [0.717, 1.165) is 12.8 Å². The van der Waals surface area contributed by atoms with Crippen LogP contribution in [0, 0.1) is 0 Å². The van der Waals surface area contributed by atoms with Gasteiger partial charge >= 0.3 is 5.97 Å². The van der Waals surface area contributed by atoms with Crippen LogP contribution in [0.4, 0.5) is 0 Å². The van der Waals surface area contributed by atoms with Gasteiger partial charge in [-0.1, -0.05) is 0 Å². The topological polar surface area (TPSA) is 52.3 Å². The van der Waals surface area contributed by atoms with Crippen molar-refractivity contribution in [3.05, 3.63) is 17.8 Å². The van der Waals surface area contributed by atoms with Crippen molar-refractivity contribution in [1.82, 2.24) is 4.98 Å². The average Bonchev–Trinajstić information content (AvgIpc) is 2.84. The minimum Gasteiger partial charge on any atom is -0.461 e. The van der Waals surface area contributed by atoms with E-state index in [0.29, 0.717) is 18.4 Å². The molecular formula is C9H11NO3. The Morgan fingerprint density at radius 2 is 2.54 bits per heavy atom. The van der Waals surface area contributed by atoms with Crippen molar-refractivity contribution >= 4 is 5.97 Å². The van der Waals surface area contributed by atoms with Crippen LogP contribution < -0.4 is 0 Å². The molecule has 0 radical (unpaired) electrons. The fourth-order valence-electron chi connectivity index (χ4n) is 1.10. The van der Waals surface area contributed by atoms with E-state index < -0.39 is 5.97 Å². The van der Waals surface area contributed by atoms with E-state index in [9.17, 15) is 4.79 Å². The summed E-state index contributed by atoms with van der Waals surface area (Å²) in [5, 5.41) is 0. The first-order valence-corrected chi connectivity index (χ1v) is 4.43. The van der Waals surface area contributed by atoms with Gasteiger partial charge in [-0.15, -0.1) is 0 Å². The summed E-state index contributed by atoms with van der Waals surface area (Å²) >= 11 is 0. The van der Waals surface area contributed by atoms with Gasteiger partial charge in [0.1, 0.15) is 6.26 Å². The van der Waals surface area contributed by atoms with Crippen molar-refractivity contribution in [3.8, 4) is 0 Å². The molecule has 70 valence electrons. The van der Waals surface area contributed by atoms with E-state index in [2.05, 4.69) is 4.98 Å². The van der Waals surface area contributed by atoms with E-state index >= 15 is 0 Å². The lowest BCUT2D eigenvalue weighted by molar-refractivity contribution is 0.0519. The van der Waals surface area contributed by atoms with Gasteiger partial charge in [0.2, 0.25) is 0 Å². The Morgan fingerprint density at radius 3 is 3.15 bits per heavy atom. The van der Waals surface area contributed by atoms with Gasteiger partial charge in [-0.3, -0.25) is 0 Å². The van der Waals surface area contributed by atoms with Gasteiger partial charge in [0.05, 0.1) is 6.61 Å². The summed E-state index contributed by atoms with van der Waals surface area (Å²) in [6.45, 7) is 2.13. The fourth-order valence-corrected chi connectivity index (χ4v) is 1.10. The predicted molar refractivity (Wildman–Crippen MR) is 44.4 cm³/mol. The third kappa shape index (κ3) is 1.71. The van der Waals surface area contributed by atoms with Crippen LogP contribution in [0.5, 0.6) is 0 Å². The Kier molecular flexibility index (Phi) is 2.04. The molecule has 1 saturated carbocycles. The number of aromatic nitrogens is 1. The highest BCUT2D eigenvalue weighted by atomic mass is 16.5. The molecule has 1 aromatic heterocycles. The van der Waals surface area contributed by atoms with Crippen molar-refractivity contribution in [2.24, 2.45) is 0 Å². The lowest BCUT2D eigenvalue weighted by atomic mass is 10.4. The Labute approximate surface area is 75.9 Å². The molecule has 0 N–H and O–H groups in total. The normalized spacial score (nSPS) is 15.8. The smallest absolute Gasteiger partial charge is 0.360 e. The fraction of sp³-hybridized carbons (Fsp3) is 0.556. The molecule has 0 saturated heterocycles. The Hall–Kier alpha value is -1.32. The highest BCUT2D eigenvalue weighted by Gasteiger charge is 2.29. The maximum atomic E-state index is 11.2. The Bertz CT molecular complexity index is 314. The zero-order chi connectivity index (χ0) is 9.26. The van der Waals surface area contributed by atoms with Crippen LogP contribution in [0.3, 0.4) is 0 Å². The highest BCUT2D eigenvalue weighted by molar-refractivity contribution is 5.86. The van der Waals surface area contributed by atoms with Gasteiger partial charge in [0.15, 0.2) is 11.6 Å². The third-order valence-electron chi connectivity index (χ3n) is 1.93. The minimum atomic E-state index is -0.404. The lowest BCUT2D eigenvalue weighted by Gasteiger charge is -1.94. The number of carbonyl (C=O) groups is 1. The van der Waals surface area contributed by atoms with Gasteiger partial charge in [-0.05, 0) is 19.8 Å². The molecule has 2 rings (SSSR count).